The predicted octanol–water partition coefficient (Wildman–Crippen LogP) is 1.62. The molecule has 0 aromatic heterocycles. The first kappa shape index (κ1) is 16.3. The average Bonchev–Trinajstić information content (AvgIpc) is 2.27. The van der Waals surface area contributed by atoms with E-state index in [1.54, 1.807) is 0 Å². The number of carbonyl (C=O) groups excluding carboxylic acids is 1. The first-order valence-electron chi connectivity index (χ1n) is 5.31. The molecule has 1 rings (SSSR count). The van der Waals surface area contributed by atoms with Crippen LogP contribution in [0.5, 0.6) is 0 Å². The van der Waals surface area contributed by atoms with Crippen molar-refractivity contribution in [2.75, 3.05) is 0 Å². The van der Waals surface area contributed by atoms with Crippen molar-refractivity contribution in [3.8, 4) is 0 Å². The largest absolute Gasteiger partial charge is 0.480 e. The summed E-state index contributed by atoms with van der Waals surface area (Å²) in [5.74, 6) is -1.34. The summed E-state index contributed by atoms with van der Waals surface area (Å²) in [6, 6.07) is 5.39. The van der Waals surface area contributed by atoms with Crippen molar-refractivity contribution in [3.63, 3.8) is 0 Å². The van der Waals surface area contributed by atoms with Gasteiger partial charge in [-0.05, 0) is 26.0 Å². The fraction of sp³-hybridized carbons (Fsp3) is 0.273. The second-order valence-electron chi connectivity index (χ2n) is 4.31. The van der Waals surface area contributed by atoms with Crippen LogP contribution < -0.4 is 5.32 Å². The lowest BCUT2D eigenvalue weighted by Crippen LogP contribution is -2.50. The summed E-state index contributed by atoms with van der Waals surface area (Å²) in [6.07, 6.45) is -1.41. The van der Waals surface area contributed by atoms with Gasteiger partial charge >= 0.3 is 22.2 Å². The van der Waals surface area contributed by atoms with E-state index in [1.165, 1.54) is 32.0 Å². The van der Waals surface area contributed by atoms with Gasteiger partial charge < -0.3 is 14.6 Å². The summed E-state index contributed by atoms with van der Waals surface area (Å²) in [5, 5.41) is 10.6. The van der Waals surface area contributed by atoms with Gasteiger partial charge in [-0.15, -0.1) is 0 Å². The van der Waals surface area contributed by atoms with Crippen LogP contribution in [0.1, 0.15) is 13.8 Å². The topological polar surface area (TPSA) is 110 Å². The monoisotopic (exact) mass is 321 g/mol. The summed E-state index contributed by atoms with van der Waals surface area (Å²) < 4.78 is 27.9. The Bertz CT molecular complexity index is 640. The number of carbonyl (C=O) groups is 2. The summed E-state index contributed by atoms with van der Waals surface area (Å²) in [5.41, 5.74) is -1.67. The zero-order valence-corrected chi connectivity index (χ0v) is 12.2. The Morgan fingerprint density at radius 2 is 1.85 bits per heavy atom. The maximum atomic E-state index is 11.8. The van der Waals surface area contributed by atoms with E-state index in [-0.39, 0.29) is 9.92 Å². The van der Waals surface area contributed by atoms with E-state index < -0.39 is 27.7 Å². The van der Waals surface area contributed by atoms with Crippen LogP contribution in [-0.2, 0) is 19.1 Å². The molecule has 0 spiro atoms. The number of nitrogens with one attached hydrogen (secondary N) is 1. The van der Waals surface area contributed by atoms with Crippen molar-refractivity contribution >= 4 is 33.8 Å². The van der Waals surface area contributed by atoms with Crippen molar-refractivity contribution in [1.29, 1.82) is 0 Å². The highest BCUT2D eigenvalue weighted by Crippen LogP contribution is 2.22. The normalized spacial score (nSPS) is 11.8. The van der Waals surface area contributed by atoms with Gasteiger partial charge in [-0.3, -0.25) is 0 Å². The van der Waals surface area contributed by atoms with Crippen molar-refractivity contribution in [3.05, 3.63) is 29.3 Å². The van der Waals surface area contributed by atoms with Crippen LogP contribution >= 0.6 is 11.6 Å². The Hall–Kier alpha value is -1.80. The molecule has 0 unspecified atom stereocenters. The van der Waals surface area contributed by atoms with Gasteiger partial charge in [0.05, 0.1) is 5.02 Å². The molecular weight excluding hydrogens is 310 g/mol. The van der Waals surface area contributed by atoms with E-state index in [1.807, 2.05) is 5.32 Å². The third-order valence-corrected chi connectivity index (χ3v) is 3.95. The Kier molecular flexibility index (Phi) is 4.61. The molecule has 2 N–H and O–H groups in total. The highest BCUT2D eigenvalue weighted by molar-refractivity contribution is 7.87. The minimum atomic E-state index is -4.43. The second-order valence-corrected chi connectivity index (χ2v) is 6.23. The average molecular weight is 322 g/mol. The summed E-state index contributed by atoms with van der Waals surface area (Å²) >= 11 is 5.69. The molecule has 0 aliphatic rings. The Balaban J connectivity index is 2.91. The standard InChI is InChI=1S/C11H12ClNO6S/c1-11(2,9(14)15)13-10(16)19-20(17,18)8-6-4-3-5-7(8)12/h3-6H,1-2H3,(H,13,16)(H,14,15). The zero-order valence-electron chi connectivity index (χ0n) is 10.6. The molecule has 0 aliphatic carbocycles. The predicted molar refractivity (Wildman–Crippen MR) is 70.0 cm³/mol. The maximum Gasteiger partial charge on any atom is 0.423 e. The lowest BCUT2D eigenvalue weighted by Gasteiger charge is -2.20. The number of hydrogen-bond acceptors (Lipinski definition) is 5. The van der Waals surface area contributed by atoms with Gasteiger partial charge in [0.25, 0.3) is 0 Å². The van der Waals surface area contributed by atoms with Crippen LogP contribution in [0.3, 0.4) is 0 Å². The highest BCUT2D eigenvalue weighted by Gasteiger charge is 2.32. The smallest absolute Gasteiger partial charge is 0.423 e. The van der Waals surface area contributed by atoms with E-state index in [2.05, 4.69) is 4.18 Å². The van der Waals surface area contributed by atoms with E-state index in [9.17, 15) is 18.0 Å². The molecule has 20 heavy (non-hydrogen) atoms. The summed E-state index contributed by atoms with van der Waals surface area (Å²) in [7, 11) is -4.43. The number of carboxylic acid groups (broad SMARTS) is 1. The second kappa shape index (κ2) is 5.68. The van der Waals surface area contributed by atoms with Gasteiger partial charge in [0.2, 0.25) is 0 Å². The van der Waals surface area contributed by atoms with Crippen LogP contribution in [0.25, 0.3) is 0 Å². The van der Waals surface area contributed by atoms with E-state index in [0.29, 0.717) is 0 Å². The summed E-state index contributed by atoms with van der Waals surface area (Å²) in [4.78, 5) is 21.9. The minimum Gasteiger partial charge on any atom is -0.480 e. The number of rotatable bonds is 4. The lowest BCUT2D eigenvalue weighted by atomic mass is 10.1. The Morgan fingerprint density at radius 1 is 1.30 bits per heavy atom. The molecule has 0 atom stereocenters. The molecule has 0 saturated heterocycles. The molecule has 0 bridgehead atoms. The van der Waals surface area contributed by atoms with Gasteiger partial charge in [-0.2, -0.15) is 8.42 Å². The number of benzene rings is 1. The van der Waals surface area contributed by atoms with Gasteiger partial charge in [0.15, 0.2) is 0 Å². The molecule has 110 valence electrons. The van der Waals surface area contributed by atoms with Crippen LogP contribution in [-0.4, -0.2) is 31.1 Å². The van der Waals surface area contributed by atoms with E-state index >= 15 is 0 Å². The maximum absolute atomic E-state index is 11.8. The molecule has 7 nitrogen and oxygen atoms in total. The molecular formula is C11H12ClNO6S. The first-order chi connectivity index (χ1) is 9.06. The van der Waals surface area contributed by atoms with Crippen molar-refractivity contribution < 1.29 is 27.3 Å². The van der Waals surface area contributed by atoms with E-state index in [0.717, 1.165) is 6.07 Å². The molecule has 1 amide bonds. The molecule has 0 aliphatic heterocycles. The molecule has 0 saturated carbocycles. The van der Waals surface area contributed by atoms with Gasteiger partial charge in [0.1, 0.15) is 10.4 Å². The third kappa shape index (κ3) is 3.84. The van der Waals surface area contributed by atoms with Gasteiger partial charge in [-0.25, -0.2) is 9.59 Å². The number of hydrogen-bond donors (Lipinski definition) is 2. The fourth-order valence-corrected chi connectivity index (χ4v) is 2.42. The Morgan fingerprint density at radius 3 is 2.35 bits per heavy atom. The molecule has 1 aromatic carbocycles. The third-order valence-electron chi connectivity index (χ3n) is 2.24. The number of amides is 1. The number of aliphatic carboxylic acids is 1. The van der Waals surface area contributed by atoms with E-state index in [4.69, 9.17) is 16.7 Å². The quantitative estimate of drug-likeness (QED) is 0.815. The fourth-order valence-electron chi connectivity index (χ4n) is 1.12. The van der Waals surface area contributed by atoms with Crippen LogP contribution in [0.2, 0.25) is 5.02 Å². The number of halogens is 1. The molecule has 0 radical (unpaired) electrons. The van der Waals surface area contributed by atoms with Crippen LogP contribution in [0.15, 0.2) is 29.2 Å². The molecule has 1 aromatic rings. The van der Waals surface area contributed by atoms with Crippen molar-refractivity contribution in [2.45, 2.75) is 24.3 Å². The molecule has 9 heteroatoms. The summed E-state index contributed by atoms with van der Waals surface area (Å²) in [6.45, 7) is 2.36. The minimum absolute atomic E-state index is 0.113. The zero-order chi connectivity index (χ0) is 15.6. The Labute approximate surface area is 120 Å². The van der Waals surface area contributed by atoms with Gasteiger partial charge in [-0.1, -0.05) is 23.7 Å². The van der Waals surface area contributed by atoms with Crippen LogP contribution in [0, 0.1) is 0 Å². The highest BCUT2D eigenvalue weighted by atomic mass is 35.5. The number of carboxylic acids is 1. The van der Waals surface area contributed by atoms with Crippen molar-refractivity contribution in [1.82, 2.24) is 5.32 Å². The SMILES string of the molecule is CC(C)(NC(=O)OS(=O)(=O)c1ccccc1Cl)C(=O)O. The molecule has 0 heterocycles. The lowest BCUT2D eigenvalue weighted by molar-refractivity contribution is -0.143. The van der Waals surface area contributed by atoms with Crippen LogP contribution in [0.4, 0.5) is 4.79 Å². The first-order valence-corrected chi connectivity index (χ1v) is 7.09. The van der Waals surface area contributed by atoms with Crippen molar-refractivity contribution in [2.24, 2.45) is 0 Å². The molecule has 0 fully saturated rings. The van der Waals surface area contributed by atoms with Gasteiger partial charge in [0, 0.05) is 0 Å².